The van der Waals surface area contributed by atoms with Gasteiger partial charge in [0.25, 0.3) is 0 Å². The van der Waals surface area contributed by atoms with Crippen molar-refractivity contribution in [3.8, 4) is 5.75 Å². The van der Waals surface area contributed by atoms with Crippen molar-refractivity contribution in [3.05, 3.63) is 59.2 Å². The SMILES string of the molecule is COc1ccc(CC(=O)N/N=C(/C)CC(=O)Nc2cc(C)cc(C)c2)cc1. The molecule has 0 unspecified atom stereocenters. The minimum Gasteiger partial charge on any atom is -0.497 e. The smallest absolute Gasteiger partial charge is 0.244 e. The number of methoxy groups -OCH3 is 1. The van der Waals surface area contributed by atoms with Crippen LogP contribution >= 0.6 is 0 Å². The molecule has 2 aromatic carbocycles. The molecule has 0 aliphatic carbocycles. The number of ether oxygens (including phenoxy) is 1. The van der Waals surface area contributed by atoms with Crippen molar-refractivity contribution in [3.63, 3.8) is 0 Å². The highest BCUT2D eigenvalue weighted by molar-refractivity contribution is 6.05. The number of benzene rings is 2. The minimum atomic E-state index is -0.241. The first-order valence-corrected chi connectivity index (χ1v) is 8.69. The van der Waals surface area contributed by atoms with Gasteiger partial charge in [-0.1, -0.05) is 18.2 Å². The first-order chi connectivity index (χ1) is 12.9. The predicted molar refractivity (Wildman–Crippen MR) is 107 cm³/mol. The topological polar surface area (TPSA) is 79.8 Å². The first kappa shape index (κ1) is 20.2. The fraction of sp³-hybridized carbons (Fsp3) is 0.286. The molecule has 0 aromatic heterocycles. The van der Waals surface area contributed by atoms with Crippen LogP contribution in [0.15, 0.2) is 47.6 Å². The number of nitrogens with zero attached hydrogens (tertiary/aromatic N) is 1. The lowest BCUT2D eigenvalue weighted by Gasteiger charge is -2.08. The van der Waals surface area contributed by atoms with Gasteiger partial charge in [-0.2, -0.15) is 5.10 Å². The van der Waals surface area contributed by atoms with Crippen LogP contribution in [0, 0.1) is 13.8 Å². The average Bonchev–Trinajstić information content (AvgIpc) is 2.59. The molecule has 0 radical (unpaired) electrons. The van der Waals surface area contributed by atoms with Crippen LogP contribution in [0.25, 0.3) is 0 Å². The lowest BCUT2D eigenvalue weighted by atomic mass is 10.1. The Morgan fingerprint density at radius 3 is 2.22 bits per heavy atom. The van der Waals surface area contributed by atoms with Crippen LogP contribution in [0.5, 0.6) is 5.75 Å². The second kappa shape index (κ2) is 9.52. The van der Waals surface area contributed by atoms with E-state index < -0.39 is 0 Å². The van der Waals surface area contributed by atoms with E-state index in [9.17, 15) is 9.59 Å². The third kappa shape index (κ3) is 6.93. The molecular weight excluding hydrogens is 342 g/mol. The summed E-state index contributed by atoms with van der Waals surface area (Å²) in [7, 11) is 1.59. The normalized spacial score (nSPS) is 11.0. The molecule has 0 bridgehead atoms. The molecule has 142 valence electrons. The molecule has 0 saturated heterocycles. The molecule has 0 aliphatic heterocycles. The molecule has 6 heteroatoms. The van der Waals surface area contributed by atoms with Gasteiger partial charge in [-0.25, -0.2) is 5.43 Å². The summed E-state index contributed by atoms with van der Waals surface area (Å²) < 4.78 is 5.09. The van der Waals surface area contributed by atoms with Crippen molar-refractivity contribution in [2.75, 3.05) is 12.4 Å². The molecule has 0 saturated carbocycles. The molecule has 0 aliphatic rings. The van der Waals surface area contributed by atoms with Gasteiger partial charge in [0.15, 0.2) is 0 Å². The summed E-state index contributed by atoms with van der Waals surface area (Å²) in [4.78, 5) is 24.1. The number of amides is 2. The molecule has 0 heterocycles. The van der Waals surface area contributed by atoms with E-state index in [1.165, 1.54) is 0 Å². The van der Waals surface area contributed by atoms with Crippen LogP contribution in [0.2, 0.25) is 0 Å². The third-order valence-corrected chi connectivity index (χ3v) is 3.82. The van der Waals surface area contributed by atoms with E-state index in [0.29, 0.717) is 5.71 Å². The van der Waals surface area contributed by atoms with E-state index in [1.807, 2.05) is 44.2 Å². The number of hydrazone groups is 1. The zero-order chi connectivity index (χ0) is 19.8. The van der Waals surface area contributed by atoms with Crippen molar-refractivity contribution in [2.24, 2.45) is 5.10 Å². The highest BCUT2D eigenvalue weighted by Crippen LogP contribution is 2.14. The Bertz CT molecular complexity index is 822. The van der Waals surface area contributed by atoms with Gasteiger partial charge in [0.1, 0.15) is 5.75 Å². The Morgan fingerprint density at radius 1 is 1.00 bits per heavy atom. The maximum Gasteiger partial charge on any atom is 0.244 e. The predicted octanol–water partition coefficient (Wildman–Crippen LogP) is 3.38. The highest BCUT2D eigenvalue weighted by atomic mass is 16.5. The monoisotopic (exact) mass is 367 g/mol. The number of carbonyl (C=O) groups excluding carboxylic acids is 2. The number of hydrogen-bond acceptors (Lipinski definition) is 4. The number of aryl methyl sites for hydroxylation is 2. The van der Waals surface area contributed by atoms with Crippen LogP contribution < -0.4 is 15.5 Å². The number of nitrogens with one attached hydrogen (secondary N) is 2. The summed E-state index contributed by atoms with van der Waals surface area (Å²) in [6.07, 6.45) is 0.311. The minimum absolute atomic E-state index is 0.107. The molecule has 2 aromatic rings. The zero-order valence-corrected chi connectivity index (χ0v) is 16.1. The Balaban J connectivity index is 1.83. The molecule has 2 rings (SSSR count). The van der Waals surface area contributed by atoms with Crippen LogP contribution in [0.1, 0.15) is 30.0 Å². The van der Waals surface area contributed by atoms with E-state index in [0.717, 1.165) is 28.1 Å². The third-order valence-electron chi connectivity index (χ3n) is 3.82. The van der Waals surface area contributed by atoms with Gasteiger partial charge in [0.2, 0.25) is 11.8 Å². The van der Waals surface area contributed by atoms with Gasteiger partial charge in [0, 0.05) is 11.4 Å². The summed E-state index contributed by atoms with van der Waals surface area (Å²) in [5, 5.41) is 6.85. The van der Waals surface area contributed by atoms with E-state index in [1.54, 1.807) is 26.2 Å². The van der Waals surface area contributed by atoms with Crippen molar-refractivity contribution in [2.45, 2.75) is 33.6 Å². The fourth-order valence-corrected chi connectivity index (χ4v) is 2.65. The Hall–Kier alpha value is -3.15. The van der Waals surface area contributed by atoms with Gasteiger partial charge < -0.3 is 10.1 Å². The van der Waals surface area contributed by atoms with Crippen molar-refractivity contribution >= 4 is 23.2 Å². The van der Waals surface area contributed by atoms with Gasteiger partial charge in [-0.3, -0.25) is 9.59 Å². The maximum absolute atomic E-state index is 12.1. The lowest BCUT2D eigenvalue weighted by Crippen LogP contribution is -2.22. The molecule has 27 heavy (non-hydrogen) atoms. The number of carbonyl (C=O) groups is 2. The van der Waals surface area contributed by atoms with Crippen molar-refractivity contribution < 1.29 is 14.3 Å². The number of anilines is 1. The lowest BCUT2D eigenvalue weighted by molar-refractivity contribution is -0.120. The molecule has 0 spiro atoms. The molecule has 0 atom stereocenters. The maximum atomic E-state index is 12.1. The van der Waals surface area contributed by atoms with Gasteiger partial charge in [-0.05, 0) is 61.7 Å². The summed E-state index contributed by atoms with van der Waals surface area (Å²) in [6, 6.07) is 13.1. The standard InChI is InChI=1S/C21H25N3O3/c1-14-9-15(2)11-18(10-14)22-20(25)12-16(3)23-24-21(26)13-17-5-7-19(27-4)8-6-17/h5-11H,12-13H2,1-4H3,(H,22,25)(H,24,26)/b23-16-. The molecule has 2 N–H and O–H groups in total. The Morgan fingerprint density at radius 2 is 1.63 bits per heavy atom. The molecule has 6 nitrogen and oxygen atoms in total. The van der Waals surface area contributed by atoms with Gasteiger partial charge in [-0.15, -0.1) is 0 Å². The van der Waals surface area contributed by atoms with E-state index in [2.05, 4.69) is 15.8 Å². The summed E-state index contributed by atoms with van der Waals surface area (Å²) in [5.41, 5.74) is 6.80. The van der Waals surface area contributed by atoms with E-state index in [-0.39, 0.29) is 24.7 Å². The molecular formula is C21H25N3O3. The molecule has 2 amide bonds. The number of hydrogen-bond donors (Lipinski definition) is 2. The quantitative estimate of drug-likeness (QED) is 0.582. The average molecular weight is 367 g/mol. The Labute approximate surface area is 159 Å². The largest absolute Gasteiger partial charge is 0.497 e. The number of rotatable bonds is 7. The van der Waals surface area contributed by atoms with Crippen LogP contribution in [-0.2, 0) is 16.0 Å². The summed E-state index contributed by atoms with van der Waals surface area (Å²) in [5.74, 6) is 0.322. The second-order valence-corrected chi connectivity index (χ2v) is 6.51. The van der Waals surface area contributed by atoms with Gasteiger partial charge in [0.05, 0.1) is 20.0 Å². The van der Waals surface area contributed by atoms with Crippen molar-refractivity contribution in [1.82, 2.24) is 5.43 Å². The summed E-state index contributed by atoms with van der Waals surface area (Å²) in [6.45, 7) is 5.66. The van der Waals surface area contributed by atoms with Crippen LogP contribution in [0.3, 0.4) is 0 Å². The summed E-state index contributed by atoms with van der Waals surface area (Å²) >= 11 is 0. The van der Waals surface area contributed by atoms with Crippen LogP contribution in [0.4, 0.5) is 5.69 Å². The zero-order valence-electron chi connectivity index (χ0n) is 16.1. The van der Waals surface area contributed by atoms with Gasteiger partial charge >= 0.3 is 0 Å². The second-order valence-electron chi connectivity index (χ2n) is 6.51. The van der Waals surface area contributed by atoms with E-state index in [4.69, 9.17) is 4.74 Å². The fourth-order valence-electron chi connectivity index (χ4n) is 2.65. The first-order valence-electron chi connectivity index (χ1n) is 8.69. The van der Waals surface area contributed by atoms with Crippen LogP contribution in [-0.4, -0.2) is 24.6 Å². The Kier molecular flexibility index (Phi) is 7.11. The highest BCUT2D eigenvalue weighted by Gasteiger charge is 2.07. The molecule has 0 fully saturated rings. The van der Waals surface area contributed by atoms with Crippen molar-refractivity contribution in [1.29, 1.82) is 0 Å². The van der Waals surface area contributed by atoms with E-state index >= 15 is 0 Å².